The zero-order valence-corrected chi connectivity index (χ0v) is 12.0. The van der Waals surface area contributed by atoms with Crippen molar-refractivity contribution in [3.63, 3.8) is 0 Å². The first-order valence-corrected chi connectivity index (χ1v) is 7.13. The topological polar surface area (TPSA) is 75.0 Å². The number of aromatic nitrogens is 1. The number of nitriles is 1. The average Bonchev–Trinajstić information content (AvgIpc) is 3.37. The largest absolute Gasteiger partial charge is 0.457 e. The van der Waals surface area contributed by atoms with Gasteiger partial charge in [0.1, 0.15) is 12.4 Å². The van der Waals surface area contributed by atoms with E-state index in [9.17, 15) is 4.79 Å². The van der Waals surface area contributed by atoms with Crippen LogP contribution in [0, 0.1) is 11.3 Å². The fourth-order valence-corrected chi connectivity index (χ4v) is 2.00. The second-order valence-corrected chi connectivity index (χ2v) is 5.24. The summed E-state index contributed by atoms with van der Waals surface area (Å²) in [5.41, 5.74) is 1.75. The van der Waals surface area contributed by atoms with Gasteiger partial charge < -0.3 is 10.1 Å². The van der Waals surface area contributed by atoms with E-state index < -0.39 is 5.97 Å². The molecule has 110 valence electrons. The van der Waals surface area contributed by atoms with E-state index in [0.29, 0.717) is 17.2 Å². The van der Waals surface area contributed by atoms with Crippen LogP contribution in [0.5, 0.6) is 0 Å². The van der Waals surface area contributed by atoms with Crippen LogP contribution in [-0.4, -0.2) is 17.0 Å². The third kappa shape index (κ3) is 3.61. The van der Waals surface area contributed by atoms with Gasteiger partial charge in [-0.3, -0.25) is 0 Å². The van der Waals surface area contributed by atoms with Gasteiger partial charge in [-0.2, -0.15) is 5.26 Å². The lowest BCUT2D eigenvalue weighted by Gasteiger charge is -2.06. The van der Waals surface area contributed by atoms with Crippen molar-refractivity contribution in [2.75, 3.05) is 5.32 Å². The van der Waals surface area contributed by atoms with Crippen molar-refractivity contribution in [3.8, 4) is 6.07 Å². The van der Waals surface area contributed by atoms with Crippen LogP contribution in [0.2, 0.25) is 0 Å². The van der Waals surface area contributed by atoms with E-state index in [0.717, 1.165) is 11.4 Å². The molecular formula is C17H15N3O2. The molecule has 0 aliphatic heterocycles. The number of ether oxygens (including phenoxy) is 1. The Balaban J connectivity index is 1.57. The molecule has 1 N–H and O–H groups in total. The second-order valence-electron chi connectivity index (χ2n) is 5.24. The van der Waals surface area contributed by atoms with Crippen molar-refractivity contribution in [2.24, 2.45) is 0 Å². The number of esters is 1. The fourth-order valence-electron chi connectivity index (χ4n) is 2.00. The summed E-state index contributed by atoms with van der Waals surface area (Å²) in [4.78, 5) is 16.2. The van der Waals surface area contributed by atoms with E-state index in [4.69, 9.17) is 10.00 Å². The summed E-state index contributed by atoms with van der Waals surface area (Å²) in [5.74, 6) is 0.355. The minimum absolute atomic E-state index is 0.135. The van der Waals surface area contributed by atoms with Crippen LogP contribution in [-0.2, 0) is 11.3 Å². The molecule has 0 atom stereocenters. The molecule has 0 radical (unpaired) electrons. The Hall–Kier alpha value is -2.87. The first kappa shape index (κ1) is 14.1. The molecule has 0 amide bonds. The summed E-state index contributed by atoms with van der Waals surface area (Å²) < 4.78 is 5.24. The fraction of sp³-hybridized carbons (Fsp3) is 0.235. The van der Waals surface area contributed by atoms with E-state index in [1.807, 2.05) is 6.07 Å². The predicted octanol–water partition coefficient (Wildman–Crippen LogP) is 2.88. The Morgan fingerprint density at radius 1 is 1.36 bits per heavy atom. The Kier molecular flexibility index (Phi) is 4.01. The molecule has 3 rings (SSSR count). The number of nitrogens with one attached hydrogen (secondary N) is 1. The monoisotopic (exact) mass is 293 g/mol. The molecule has 1 heterocycles. The Labute approximate surface area is 128 Å². The first-order valence-electron chi connectivity index (χ1n) is 7.13. The van der Waals surface area contributed by atoms with Crippen molar-refractivity contribution in [2.45, 2.75) is 25.5 Å². The maximum atomic E-state index is 12.0. The molecule has 0 saturated heterocycles. The van der Waals surface area contributed by atoms with E-state index in [2.05, 4.69) is 16.4 Å². The van der Waals surface area contributed by atoms with Crippen LogP contribution in [0.1, 0.15) is 34.3 Å². The van der Waals surface area contributed by atoms with E-state index in [1.165, 1.54) is 19.0 Å². The molecule has 22 heavy (non-hydrogen) atoms. The second kappa shape index (κ2) is 6.27. The highest BCUT2D eigenvalue weighted by molar-refractivity contribution is 5.89. The van der Waals surface area contributed by atoms with Gasteiger partial charge >= 0.3 is 5.97 Å². The SMILES string of the molecule is N#Cc1cccc(COC(=O)c2ccc(NC3CC3)nc2)c1. The summed E-state index contributed by atoms with van der Waals surface area (Å²) in [6.07, 6.45) is 3.86. The number of benzene rings is 1. The van der Waals surface area contributed by atoms with Gasteiger partial charge in [0.2, 0.25) is 0 Å². The van der Waals surface area contributed by atoms with Gasteiger partial charge in [-0.15, -0.1) is 0 Å². The number of nitrogens with zero attached hydrogens (tertiary/aromatic N) is 2. The van der Waals surface area contributed by atoms with Gasteiger partial charge in [-0.05, 0) is 42.7 Å². The smallest absolute Gasteiger partial charge is 0.340 e. The van der Waals surface area contributed by atoms with Gasteiger partial charge in [0.25, 0.3) is 0 Å². The summed E-state index contributed by atoms with van der Waals surface area (Å²) in [5, 5.41) is 12.1. The molecule has 1 aliphatic rings. The van der Waals surface area contributed by atoms with Gasteiger partial charge in [0, 0.05) is 12.2 Å². The molecule has 1 aromatic carbocycles. The average molecular weight is 293 g/mol. The number of anilines is 1. The minimum atomic E-state index is -0.423. The molecule has 1 fully saturated rings. The number of carbonyl (C=O) groups is 1. The summed E-state index contributed by atoms with van der Waals surface area (Å²) in [6, 6.07) is 13.1. The molecule has 1 aromatic heterocycles. The summed E-state index contributed by atoms with van der Waals surface area (Å²) in [6.45, 7) is 0.135. The predicted molar refractivity (Wildman–Crippen MR) is 81.2 cm³/mol. The van der Waals surface area contributed by atoms with Gasteiger partial charge in [-0.1, -0.05) is 12.1 Å². The van der Waals surface area contributed by atoms with Crippen molar-refractivity contribution in [1.29, 1.82) is 5.26 Å². The van der Waals surface area contributed by atoms with Crippen LogP contribution in [0.15, 0.2) is 42.6 Å². The van der Waals surface area contributed by atoms with Crippen LogP contribution >= 0.6 is 0 Å². The number of pyridine rings is 1. The number of carbonyl (C=O) groups excluding carboxylic acids is 1. The zero-order chi connectivity index (χ0) is 15.4. The van der Waals surface area contributed by atoms with Gasteiger partial charge in [0.15, 0.2) is 0 Å². The Bertz CT molecular complexity index is 715. The first-order chi connectivity index (χ1) is 10.7. The molecule has 2 aromatic rings. The third-order valence-electron chi connectivity index (χ3n) is 3.35. The normalized spacial score (nSPS) is 13.2. The summed E-state index contributed by atoms with van der Waals surface area (Å²) in [7, 11) is 0. The summed E-state index contributed by atoms with van der Waals surface area (Å²) >= 11 is 0. The Morgan fingerprint density at radius 2 is 2.23 bits per heavy atom. The van der Waals surface area contributed by atoms with Crippen LogP contribution in [0.3, 0.4) is 0 Å². The molecule has 0 spiro atoms. The van der Waals surface area contributed by atoms with Crippen LogP contribution in [0.4, 0.5) is 5.82 Å². The highest BCUT2D eigenvalue weighted by Gasteiger charge is 2.21. The molecule has 0 unspecified atom stereocenters. The van der Waals surface area contributed by atoms with Crippen LogP contribution < -0.4 is 5.32 Å². The van der Waals surface area contributed by atoms with Crippen molar-refractivity contribution in [1.82, 2.24) is 4.98 Å². The molecule has 1 saturated carbocycles. The van der Waals surface area contributed by atoms with Crippen LogP contribution in [0.25, 0.3) is 0 Å². The quantitative estimate of drug-likeness (QED) is 0.858. The van der Waals surface area contributed by atoms with Crippen molar-refractivity contribution in [3.05, 3.63) is 59.3 Å². The maximum Gasteiger partial charge on any atom is 0.340 e. The molecule has 0 bridgehead atoms. The number of hydrogen-bond donors (Lipinski definition) is 1. The minimum Gasteiger partial charge on any atom is -0.457 e. The lowest BCUT2D eigenvalue weighted by atomic mass is 10.1. The lowest BCUT2D eigenvalue weighted by Crippen LogP contribution is -2.07. The van der Waals surface area contributed by atoms with E-state index in [1.54, 1.807) is 30.3 Å². The maximum absolute atomic E-state index is 12.0. The van der Waals surface area contributed by atoms with Gasteiger partial charge in [-0.25, -0.2) is 9.78 Å². The zero-order valence-electron chi connectivity index (χ0n) is 12.0. The van der Waals surface area contributed by atoms with E-state index >= 15 is 0 Å². The molecule has 5 heteroatoms. The lowest BCUT2D eigenvalue weighted by molar-refractivity contribution is 0.0472. The third-order valence-corrected chi connectivity index (χ3v) is 3.35. The van der Waals surface area contributed by atoms with Crippen molar-refractivity contribution < 1.29 is 9.53 Å². The standard InChI is InChI=1S/C17H15N3O2/c18-9-12-2-1-3-13(8-12)11-22-17(21)14-4-7-16(19-10-14)20-15-5-6-15/h1-4,7-8,10,15H,5-6,11H2,(H,19,20). The number of rotatable bonds is 5. The van der Waals surface area contributed by atoms with Crippen molar-refractivity contribution >= 4 is 11.8 Å². The molecule has 5 nitrogen and oxygen atoms in total. The van der Waals surface area contributed by atoms with Gasteiger partial charge in [0.05, 0.1) is 17.2 Å². The highest BCUT2D eigenvalue weighted by atomic mass is 16.5. The Morgan fingerprint density at radius 3 is 2.91 bits per heavy atom. The molecule has 1 aliphatic carbocycles. The van der Waals surface area contributed by atoms with E-state index in [-0.39, 0.29) is 6.61 Å². The number of hydrogen-bond acceptors (Lipinski definition) is 5. The highest BCUT2D eigenvalue weighted by Crippen LogP contribution is 2.23. The molecular weight excluding hydrogens is 278 g/mol.